The maximum absolute atomic E-state index is 11.1. The minimum atomic E-state index is -0.798. The Labute approximate surface area is 111 Å². The quantitative estimate of drug-likeness (QED) is 0.916. The summed E-state index contributed by atoms with van der Waals surface area (Å²) in [6.45, 7) is 2.03. The summed E-state index contributed by atoms with van der Waals surface area (Å²) in [6.07, 6.45) is 3.58. The normalized spacial score (nSPS) is 17.6. The number of allylic oxidation sites excluding steroid dienone is 2. The van der Waals surface area contributed by atoms with Crippen LogP contribution in [0.4, 0.5) is 0 Å². The van der Waals surface area contributed by atoms with Crippen LogP contribution in [0.15, 0.2) is 42.9 Å². The number of hydrogen-bond acceptors (Lipinski definition) is 2. The zero-order valence-electron chi connectivity index (χ0n) is 10.6. The summed E-state index contributed by atoms with van der Waals surface area (Å²) in [5, 5.41) is 9.13. The van der Waals surface area contributed by atoms with Crippen molar-refractivity contribution in [2.24, 2.45) is 0 Å². The Kier molecular flexibility index (Phi) is 2.71. The fourth-order valence-electron chi connectivity index (χ4n) is 2.76. The van der Waals surface area contributed by atoms with Gasteiger partial charge in [0.1, 0.15) is 0 Å². The van der Waals surface area contributed by atoms with E-state index >= 15 is 0 Å². The second-order valence-electron chi connectivity index (χ2n) is 4.70. The van der Waals surface area contributed by atoms with Crippen molar-refractivity contribution in [3.63, 3.8) is 0 Å². The molecule has 0 saturated heterocycles. The molecule has 2 aromatic rings. The summed E-state index contributed by atoms with van der Waals surface area (Å²) in [4.78, 5) is 15.2. The Morgan fingerprint density at radius 3 is 2.79 bits per heavy atom. The van der Waals surface area contributed by atoms with Gasteiger partial charge in [0.2, 0.25) is 0 Å². The molecule has 4 heteroatoms. The van der Waals surface area contributed by atoms with Crippen LogP contribution >= 0.6 is 0 Å². The second-order valence-corrected chi connectivity index (χ2v) is 4.70. The van der Waals surface area contributed by atoms with Crippen molar-refractivity contribution in [1.82, 2.24) is 9.55 Å². The van der Waals surface area contributed by atoms with Crippen molar-refractivity contribution in [3.8, 4) is 0 Å². The number of nitrogens with zero attached hydrogens (tertiary/aromatic N) is 2. The van der Waals surface area contributed by atoms with Gasteiger partial charge < -0.3 is 9.67 Å². The summed E-state index contributed by atoms with van der Waals surface area (Å²) in [7, 11) is 0. The highest BCUT2D eigenvalue weighted by Crippen LogP contribution is 2.43. The Morgan fingerprint density at radius 2 is 2.11 bits per heavy atom. The van der Waals surface area contributed by atoms with Crippen LogP contribution in [0.5, 0.6) is 0 Å². The largest absolute Gasteiger partial charge is 0.481 e. The first kappa shape index (κ1) is 11.7. The number of carboxylic acids is 1. The number of rotatable bonds is 3. The number of benzene rings is 1. The molecule has 3 rings (SSSR count). The van der Waals surface area contributed by atoms with Gasteiger partial charge in [-0.3, -0.25) is 4.79 Å². The van der Waals surface area contributed by atoms with Crippen LogP contribution in [0.2, 0.25) is 0 Å². The number of carbonyl (C=O) groups is 1. The highest BCUT2D eigenvalue weighted by Gasteiger charge is 2.31. The maximum Gasteiger partial charge on any atom is 0.305 e. The maximum atomic E-state index is 11.1. The molecule has 2 heterocycles. The third kappa shape index (κ3) is 1.85. The minimum absolute atomic E-state index is 0.0743. The fraction of sp³-hybridized carbons (Fsp3) is 0.200. The third-order valence-corrected chi connectivity index (χ3v) is 3.58. The minimum Gasteiger partial charge on any atom is -0.481 e. The number of aliphatic carboxylic acids is 1. The Morgan fingerprint density at radius 1 is 1.37 bits per heavy atom. The lowest BCUT2D eigenvalue weighted by molar-refractivity contribution is -0.137. The molecule has 1 aliphatic heterocycles. The molecule has 1 aliphatic rings. The molecular weight excluding hydrogens is 240 g/mol. The number of aromatic nitrogens is 2. The first-order valence-corrected chi connectivity index (χ1v) is 6.18. The average molecular weight is 254 g/mol. The Balaban J connectivity index is 2.13. The molecule has 1 N–H and O–H groups in total. The molecule has 1 unspecified atom stereocenters. The lowest BCUT2D eigenvalue weighted by atomic mass is 9.94. The van der Waals surface area contributed by atoms with Crippen molar-refractivity contribution in [2.75, 3.05) is 0 Å². The standard InChI is InChI=1S/C15H14N2O2/c1-10-13-8-16-9-17(13)12(7-14(18)19)15(10)11-5-3-2-4-6-11/h2-6,8-9,12H,7H2,1H3,(H,18,19). The van der Waals surface area contributed by atoms with Gasteiger partial charge in [-0.25, -0.2) is 4.98 Å². The van der Waals surface area contributed by atoms with Crippen molar-refractivity contribution < 1.29 is 9.90 Å². The van der Waals surface area contributed by atoms with Crippen LogP contribution in [-0.4, -0.2) is 20.6 Å². The molecule has 1 atom stereocenters. The predicted octanol–water partition coefficient (Wildman–Crippen LogP) is 2.84. The van der Waals surface area contributed by atoms with E-state index in [1.54, 1.807) is 12.5 Å². The summed E-state index contributed by atoms with van der Waals surface area (Å²) in [5.74, 6) is -0.798. The van der Waals surface area contributed by atoms with Crippen LogP contribution in [0.25, 0.3) is 11.1 Å². The number of imidazole rings is 1. The summed E-state index contributed by atoms with van der Waals surface area (Å²) in [6, 6.07) is 9.78. The molecular formula is C15H14N2O2. The fourth-order valence-corrected chi connectivity index (χ4v) is 2.76. The first-order chi connectivity index (χ1) is 9.18. The average Bonchev–Trinajstić information content (AvgIpc) is 2.95. The van der Waals surface area contributed by atoms with Crippen molar-refractivity contribution in [1.29, 1.82) is 0 Å². The molecule has 0 bridgehead atoms. The summed E-state index contributed by atoms with van der Waals surface area (Å²) >= 11 is 0. The van der Waals surface area contributed by atoms with E-state index < -0.39 is 5.97 Å². The molecule has 0 amide bonds. The molecule has 1 aromatic heterocycles. The number of carboxylic acid groups (broad SMARTS) is 1. The van der Waals surface area contributed by atoms with Gasteiger partial charge in [-0.05, 0) is 23.6 Å². The smallest absolute Gasteiger partial charge is 0.305 e. The molecule has 0 radical (unpaired) electrons. The van der Waals surface area contributed by atoms with Gasteiger partial charge in [0.25, 0.3) is 0 Å². The summed E-state index contributed by atoms with van der Waals surface area (Å²) in [5.41, 5.74) is 4.27. The van der Waals surface area contributed by atoms with Crippen LogP contribution < -0.4 is 0 Å². The van der Waals surface area contributed by atoms with Crippen LogP contribution in [0, 0.1) is 0 Å². The molecule has 1 aromatic carbocycles. The highest BCUT2D eigenvalue weighted by atomic mass is 16.4. The van der Waals surface area contributed by atoms with E-state index in [0.29, 0.717) is 0 Å². The van der Waals surface area contributed by atoms with Crippen LogP contribution in [0.1, 0.15) is 30.6 Å². The SMILES string of the molecule is CC1=C(c2ccccc2)C(CC(=O)O)n2cncc21. The van der Waals surface area contributed by atoms with Gasteiger partial charge in [-0.15, -0.1) is 0 Å². The molecule has 0 aliphatic carbocycles. The van der Waals surface area contributed by atoms with Gasteiger partial charge in [0.15, 0.2) is 0 Å². The second kappa shape index (κ2) is 4.39. The third-order valence-electron chi connectivity index (χ3n) is 3.58. The Bertz CT molecular complexity index is 656. The molecule has 96 valence electrons. The number of fused-ring (bicyclic) bond motifs is 1. The van der Waals surface area contributed by atoms with Crippen molar-refractivity contribution in [3.05, 3.63) is 54.1 Å². The monoisotopic (exact) mass is 254 g/mol. The van der Waals surface area contributed by atoms with Gasteiger partial charge in [0, 0.05) is 0 Å². The summed E-state index contributed by atoms with van der Waals surface area (Å²) < 4.78 is 1.95. The lowest BCUT2D eigenvalue weighted by Gasteiger charge is -2.16. The number of hydrogen-bond donors (Lipinski definition) is 1. The topological polar surface area (TPSA) is 55.1 Å². The predicted molar refractivity (Wildman–Crippen MR) is 72.4 cm³/mol. The lowest BCUT2D eigenvalue weighted by Crippen LogP contribution is -2.11. The van der Waals surface area contributed by atoms with E-state index in [-0.39, 0.29) is 12.5 Å². The van der Waals surface area contributed by atoms with Crippen LogP contribution in [0.3, 0.4) is 0 Å². The van der Waals surface area contributed by atoms with E-state index in [9.17, 15) is 4.79 Å². The Hall–Kier alpha value is -2.36. The van der Waals surface area contributed by atoms with E-state index in [0.717, 1.165) is 22.4 Å². The first-order valence-electron chi connectivity index (χ1n) is 6.18. The highest BCUT2D eigenvalue weighted by molar-refractivity contribution is 5.95. The van der Waals surface area contributed by atoms with E-state index in [2.05, 4.69) is 4.98 Å². The zero-order valence-corrected chi connectivity index (χ0v) is 10.6. The van der Waals surface area contributed by atoms with Gasteiger partial charge in [-0.1, -0.05) is 30.3 Å². The van der Waals surface area contributed by atoms with E-state index in [4.69, 9.17) is 5.11 Å². The molecule has 0 spiro atoms. The van der Waals surface area contributed by atoms with Crippen molar-refractivity contribution >= 4 is 17.1 Å². The van der Waals surface area contributed by atoms with Gasteiger partial charge in [-0.2, -0.15) is 0 Å². The van der Waals surface area contributed by atoms with Gasteiger partial charge >= 0.3 is 5.97 Å². The van der Waals surface area contributed by atoms with Gasteiger partial charge in [0.05, 0.1) is 30.7 Å². The molecule has 4 nitrogen and oxygen atoms in total. The molecule has 0 fully saturated rings. The molecule has 0 saturated carbocycles. The van der Waals surface area contributed by atoms with Crippen LogP contribution in [-0.2, 0) is 4.79 Å². The zero-order chi connectivity index (χ0) is 13.4. The van der Waals surface area contributed by atoms with E-state index in [1.165, 1.54) is 0 Å². The van der Waals surface area contributed by atoms with Crippen molar-refractivity contribution in [2.45, 2.75) is 19.4 Å². The van der Waals surface area contributed by atoms with E-state index in [1.807, 2.05) is 41.8 Å². The molecule has 19 heavy (non-hydrogen) atoms.